The van der Waals surface area contributed by atoms with Crippen LogP contribution in [0.25, 0.3) is 0 Å². The fraction of sp³-hybridized carbons (Fsp3) is 0.417. The first-order valence-electron chi connectivity index (χ1n) is 6.16. The first kappa shape index (κ1) is 15.8. The van der Waals surface area contributed by atoms with Crippen LogP contribution in [0, 0.1) is 0 Å². The highest BCUT2D eigenvalue weighted by Crippen LogP contribution is 2.24. The van der Waals surface area contributed by atoms with Crippen molar-refractivity contribution in [1.29, 1.82) is 0 Å². The molecule has 2 rings (SSSR count). The number of carboxylic acid groups (broad SMARTS) is 1. The van der Waals surface area contributed by atoms with E-state index in [2.05, 4.69) is 10.3 Å². The number of hydrogen-bond acceptors (Lipinski definition) is 6. The van der Waals surface area contributed by atoms with Gasteiger partial charge < -0.3 is 10.4 Å². The molecule has 1 aromatic heterocycles. The van der Waals surface area contributed by atoms with E-state index in [1.807, 2.05) is 0 Å². The summed E-state index contributed by atoms with van der Waals surface area (Å²) >= 11 is 1.30. The zero-order valence-corrected chi connectivity index (χ0v) is 12.6. The van der Waals surface area contributed by atoms with E-state index < -0.39 is 15.8 Å². The van der Waals surface area contributed by atoms with Crippen LogP contribution in [-0.2, 0) is 14.6 Å². The molecule has 1 aromatic rings. The normalized spacial score (nSPS) is 20.1. The first-order chi connectivity index (χ1) is 9.85. The number of sulfone groups is 1. The Bertz CT molecular complexity index is 659. The second kappa shape index (κ2) is 6.44. The van der Waals surface area contributed by atoms with Crippen molar-refractivity contribution >= 4 is 39.2 Å². The van der Waals surface area contributed by atoms with Gasteiger partial charge in [0.25, 0.3) is 0 Å². The summed E-state index contributed by atoms with van der Waals surface area (Å²) in [5.41, 5.74) is 0.293. The van der Waals surface area contributed by atoms with Gasteiger partial charge >= 0.3 is 5.97 Å². The van der Waals surface area contributed by atoms with Gasteiger partial charge in [-0.05, 0) is 12.5 Å². The largest absolute Gasteiger partial charge is 0.478 e. The molecule has 1 aliphatic rings. The third-order valence-corrected chi connectivity index (χ3v) is 6.19. The summed E-state index contributed by atoms with van der Waals surface area (Å²) < 4.78 is 22.6. The topological polar surface area (TPSA) is 113 Å². The second-order valence-corrected chi connectivity index (χ2v) is 8.17. The van der Waals surface area contributed by atoms with Gasteiger partial charge in [-0.1, -0.05) is 0 Å². The fourth-order valence-electron chi connectivity index (χ4n) is 1.91. The standard InChI is InChI=1S/C12H14N2O5S2/c15-11(6-20-10-1-2-21(18,19)7-10)14-9-3-8(12(16)17)4-13-5-9/h3-5,10H,1-2,6-7H2,(H,14,15)(H,16,17). The molecule has 1 atom stereocenters. The predicted molar refractivity (Wildman–Crippen MR) is 79.3 cm³/mol. The molecule has 7 nitrogen and oxygen atoms in total. The summed E-state index contributed by atoms with van der Waals surface area (Å²) in [5, 5.41) is 11.3. The average molecular weight is 330 g/mol. The average Bonchev–Trinajstić information content (AvgIpc) is 2.76. The van der Waals surface area contributed by atoms with Gasteiger partial charge in [0.05, 0.1) is 34.7 Å². The molecule has 21 heavy (non-hydrogen) atoms. The van der Waals surface area contributed by atoms with Crippen LogP contribution < -0.4 is 5.32 Å². The molecule has 1 fully saturated rings. The highest BCUT2D eigenvalue weighted by molar-refractivity contribution is 8.02. The molecule has 1 saturated heterocycles. The number of pyridine rings is 1. The second-order valence-electron chi connectivity index (χ2n) is 4.65. The summed E-state index contributed by atoms with van der Waals surface area (Å²) in [6.07, 6.45) is 3.11. The zero-order valence-electron chi connectivity index (χ0n) is 11.0. The van der Waals surface area contributed by atoms with Gasteiger partial charge in [0, 0.05) is 11.4 Å². The van der Waals surface area contributed by atoms with Gasteiger partial charge in [0.15, 0.2) is 9.84 Å². The first-order valence-corrected chi connectivity index (χ1v) is 9.03. The molecule has 2 heterocycles. The molecular formula is C12H14N2O5S2. The van der Waals surface area contributed by atoms with Gasteiger partial charge in [-0.15, -0.1) is 11.8 Å². The number of amides is 1. The van der Waals surface area contributed by atoms with Crippen LogP contribution in [0.3, 0.4) is 0 Å². The third-order valence-electron chi connectivity index (χ3n) is 2.91. The van der Waals surface area contributed by atoms with E-state index in [9.17, 15) is 18.0 Å². The molecule has 2 N–H and O–H groups in total. The molecule has 114 valence electrons. The number of hydrogen-bond donors (Lipinski definition) is 2. The van der Waals surface area contributed by atoms with E-state index >= 15 is 0 Å². The van der Waals surface area contributed by atoms with E-state index in [0.717, 1.165) is 0 Å². The maximum Gasteiger partial charge on any atom is 0.337 e. The minimum atomic E-state index is -2.95. The molecular weight excluding hydrogens is 316 g/mol. The smallest absolute Gasteiger partial charge is 0.337 e. The monoisotopic (exact) mass is 330 g/mol. The number of anilines is 1. The van der Waals surface area contributed by atoms with Crippen molar-refractivity contribution in [1.82, 2.24) is 4.98 Å². The molecule has 1 unspecified atom stereocenters. The van der Waals surface area contributed by atoms with Gasteiger partial charge in [0.1, 0.15) is 0 Å². The lowest BCUT2D eigenvalue weighted by Crippen LogP contribution is -2.17. The van der Waals surface area contributed by atoms with E-state index in [4.69, 9.17) is 5.11 Å². The Kier molecular flexibility index (Phi) is 4.84. The van der Waals surface area contributed by atoms with Crippen LogP contribution in [0.5, 0.6) is 0 Å². The van der Waals surface area contributed by atoms with E-state index in [0.29, 0.717) is 12.1 Å². The molecule has 0 bridgehead atoms. The van der Waals surface area contributed by atoms with Crippen LogP contribution in [-0.4, -0.2) is 52.9 Å². The highest BCUT2D eigenvalue weighted by Gasteiger charge is 2.28. The maximum absolute atomic E-state index is 11.8. The van der Waals surface area contributed by atoms with Crippen LogP contribution in [0.1, 0.15) is 16.8 Å². The van der Waals surface area contributed by atoms with Crippen LogP contribution in [0.2, 0.25) is 0 Å². The Labute approximate surface area is 126 Å². The SMILES string of the molecule is O=C(CSC1CCS(=O)(=O)C1)Nc1cncc(C(=O)O)c1. The Morgan fingerprint density at radius 2 is 2.19 bits per heavy atom. The number of carbonyl (C=O) groups excluding carboxylic acids is 1. The van der Waals surface area contributed by atoms with Crippen molar-refractivity contribution in [2.45, 2.75) is 11.7 Å². The van der Waals surface area contributed by atoms with Gasteiger partial charge in [-0.25, -0.2) is 13.2 Å². The van der Waals surface area contributed by atoms with Crippen molar-refractivity contribution in [3.05, 3.63) is 24.0 Å². The Balaban J connectivity index is 1.85. The van der Waals surface area contributed by atoms with Crippen molar-refractivity contribution in [2.75, 3.05) is 22.6 Å². The van der Waals surface area contributed by atoms with E-state index in [-0.39, 0.29) is 34.0 Å². The molecule has 1 amide bonds. The number of thioether (sulfide) groups is 1. The van der Waals surface area contributed by atoms with Crippen molar-refractivity contribution < 1.29 is 23.1 Å². The summed E-state index contributed by atoms with van der Waals surface area (Å²) in [6.45, 7) is 0. The van der Waals surface area contributed by atoms with Crippen LogP contribution in [0.15, 0.2) is 18.5 Å². The zero-order chi connectivity index (χ0) is 15.5. The molecule has 0 radical (unpaired) electrons. The van der Waals surface area contributed by atoms with Crippen molar-refractivity contribution in [2.24, 2.45) is 0 Å². The minimum Gasteiger partial charge on any atom is -0.478 e. The number of aromatic nitrogens is 1. The van der Waals surface area contributed by atoms with Gasteiger partial charge in [-0.2, -0.15) is 0 Å². The molecule has 0 spiro atoms. The summed E-state index contributed by atoms with van der Waals surface area (Å²) in [4.78, 5) is 26.3. The highest BCUT2D eigenvalue weighted by atomic mass is 32.2. The summed E-state index contributed by atoms with van der Waals surface area (Å²) in [6, 6.07) is 1.32. The molecule has 0 aliphatic carbocycles. The lowest BCUT2D eigenvalue weighted by atomic mass is 10.2. The number of rotatable bonds is 5. The Hall–Kier alpha value is -1.61. The fourth-order valence-corrected chi connectivity index (χ4v) is 5.35. The van der Waals surface area contributed by atoms with Gasteiger partial charge in [-0.3, -0.25) is 9.78 Å². The lowest BCUT2D eigenvalue weighted by molar-refractivity contribution is -0.113. The lowest BCUT2D eigenvalue weighted by Gasteiger charge is -2.08. The maximum atomic E-state index is 11.8. The van der Waals surface area contributed by atoms with Crippen LogP contribution >= 0.6 is 11.8 Å². The quantitative estimate of drug-likeness (QED) is 0.814. The predicted octanol–water partition coefficient (Wildman–Crippen LogP) is 0.639. The van der Waals surface area contributed by atoms with E-state index in [1.165, 1.54) is 30.2 Å². The Morgan fingerprint density at radius 1 is 1.43 bits per heavy atom. The number of carboxylic acids is 1. The van der Waals surface area contributed by atoms with Crippen molar-refractivity contribution in [3.63, 3.8) is 0 Å². The van der Waals surface area contributed by atoms with Crippen molar-refractivity contribution in [3.8, 4) is 0 Å². The molecule has 1 aliphatic heterocycles. The number of nitrogens with one attached hydrogen (secondary N) is 1. The van der Waals surface area contributed by atoms with Crippen LogP contribution in [0.4, 0.5) is 5.69 Å². The molecule has 0 saturated carbocycles. The third kappa shape index (κ3) is 4.71. The molecule has 0 aromatic carbocycles. The minimum absolute atomic E-state index is 0.0117. The van der Waals surface area contributed by atoms with Gasteiger partial charge in [0.2, 0.25) is 5.91 Å². The Morgan fingerprint density at radius 3 is 2.81 bits per heavy atom. The number of aromatic carboxylic acids is 1. The van der Waals surface area contributed by atoms with E-state index in [1.54, 1.807) is 0 Å². The summed E-state index contributed by atoms with van der Waals surface area (Å²) in [7, 11) is -2.95. The molecule has 9 heteroatoms. The number of carbonyl (C=O) groups is 2. The number of nitrogens with zero attached hydrogens (tertiary/aromatic N) is 1. The summed E-state index contributed by atoms with van der Waals surface area (Å²) in [5.74, 6) is -1.02.